The zero-order chi connectivity index (χ0) is 13.9. The Hall–Kier alpha value is -1.31. The second-order valence-corrected chi connectivity index (χ2v) is 6.05. The molecule has 1 heterocycles. The van der Waals surface area contributed by atoms with Crippen LogP contribution in [0.3, 0.4) is 0 Å². The SMILES string of the molecule is Cc1cccc(C2CNCCC2c2ccccc2Cl)c1. The molecule has 1 N–H and O–H groups in total. The average Bonchev–Trinajstić information content (AvgIpc) is 2.48. The van der Waals surface area contributed by atoms with Gasteiger partial charge in [-0.1, -0.05) is 59.6 Å². The minimum absolute atomic E-state index is 0.503. The van der Waals surface area contributed by atoms with Gasteiger partial charge in [0.1, 0.15) is 0 Å². The zero-order valence-corrected chi connectivity index (χ0v) is 12.5. The summed E-state index contributed by atoms with van der Waals surface area (Å²) in [5, 5.41) is 4.43. The van der Waals surface area contributed by atoms with Crippen molar-refractivity contribution in [3.8, 4) is 0 Å². The highest BCUT2D eigenvalue weighted by Gasteiger charge is 2.28. The fourth-order valence-corrected chi connectivity index (χ4v) is 3.53. The van der Waals surface area contributed by atoms with Crippen molar-refractivity contribution in [1.82, 2.24) is 5.32 Å². The summed E-state index contributed by atoms with van der Waals surface area (Å²) in [6.07, 6.45) is 1.14. The largest absolute Gasteiger partial charge is 0.316 e. The van der Waals surface area contributed by atoms with Gasteiger partial charge in [-0.15, -0.1) is 0 Å². The molecule has 2 aromatic rings. The molecule has 104 valence electrons. The van der Waals surface area contributed by atoms with Crippen LogP contribution in [0, 0.1) is 6.92 Å². The topological polar surface area (TPSA) is 12.0 Å². The van der Waals surface area contributed by atoms with Crippen LogP contribution in [0.1, 0.15) is 34.9 Å². The van der Waals surface area contributed by atoms with Gasteiger partial charge in [-0.25, -0.2) is 0 Å². The number of benzene rings is 2. The Morgan fingerprint density at radius 2 is 1.90 bits per heavy atom. The van der Waals surface area contributed by atoms with Gasteiger partial charge in [0.2, 0.25) is 0 Å². The van der Waals surface area contributed by atoms with E-state index in [2.05, 4.69) is 48.6 Å². The van der Waals surface area contributed by atoms with Gasteiger partial charge in [0.05, 0.1) is 0 Å². The van der Waals surface area contributed by atoms with Crippen molar-refractivity contribution < 1.29 is 0 Å². The highest BCUT2D eigenvalue weighted by atomic mass is 35.5. The quantitative estimate of drug-likeness (QED) is 0.856. The van der Waals surface area contributed by atoms with Crippen LogP contribution in [-0.2, 0) is 0 Å². The monoisotopic (exact) mass is 285 g/mol. The predicted octanol–water partition coefficient (Wildman–Crippen LogP) is 4.51. The summed E-state index contributed by atoms with van der Waals surface area (Å²) in [4.78, 5) is 0. The van der Waals surface area contributed by atoms with Crippen molar-refractivity contribution in [2.45, 2.75) is 25.2 Å². The van der Waals surface area contributed by atoms with Crippen molar-refractivity contribution in [3.05, 3.63) is 70.2 Å². The number of aryl methyl sites for hydroxylation is 1. The van der Waals surface area contributed by atoms with E-state index in [4.69, 9.17) is 11.6 Å². The summed E-state index contributed by atoms with van der Waals surface area (Å²) in [5.41, 5.74) is 4.04. The molecule has 2 atom stereocenters. The van der Waals surface area contributed by atoms with Crippen LogP contribution < -0.4 is 5.32 Å². The molecule has 0 aromatic heterocycles. The maximum Gasteiger partial charge on any atom is 0.0441 e. The average molecular weight is 286 g/mol. The third-order valence-corrected chi connectivity index (χ3v) is 4.60. The van der Waals surface area contributed by atoms with E-state index < -0.39 is 0 Å². The lowest BCUT2D eigenvalue weighted by Crippen LogP contribution is -2.34. The molecule has 1 nitrogen and oxygen atoms in total. The van der Waals surface area contributed by atoms with E-state index in [1.807, 2.05) is 12.1 Å². The van der Waals surface area contributed by atoms with Crippen LogP contribution in [0.15, 0.2) is 48.5 Å². The van der Waals surface area contributed by atoms with Gasteiger partial charge in [0, 0.05) is 17.5 Å². The van der Waals surface area contributed by atoms with Crippen molar-refractivity contribution in [2.75, 3.05) is 13.1 Å². The van der Waals surface area contributed by atoms with Crippen molar-refractivity contribution in [3.63, 3.8) is 0 Å². The van der Waals surface area contributed by atoms with E-state index in [-0.39, 0.29) is 0 Å². The van der Waals surface area contributed by atoms with Gasteiger partial charge in [-0.3, -0.25) is 0 Å². The number of piperidine rings is 1. The lowest BCUT2D eigenvalue weighted by molar-refractivity contribution is 0.404. The standard InChI is InChI=1S/C18H20ClN/c1-13-5-4-6-14(11-13)17-12-20-10-9-15(17)16-7-2-3-8-18(16)19/h2-8,11,15,17,20H,9-10,12H2,1H3. The van der Waals surface area contributed by atoms with E-state index in [0.717, 1.165) is 24.5 Å². The fourth-order valence-electron chi connectivity index (χ4n) is 3.26. The molecule has 0 saturated carbocycles. The summed E-state index contributed by atoms with van der Waals surface area (Å²) in [6, 6.07) is 17.2. The van der Waals surface area contributed by atoms with E-state index in [1.165, 1.54) is 16.7 Å². The predicted molar refractivity (Wildman–Crippen MR) is 85.6 cm³/mol. The summed E-state index contributed by atoms with van der Waals surface area (Å²) >= 11 is 6.42. The Bertz CT molecular complexity index is 593. The van der Waals surface area contributed by atoms with Crippen LogP contribution in [0.25, 0.3) is 0 Å². The van der Waals surface area contributed by atoms with Gasteiger partial charge < -0.3 is 5.32 Å². The number of hydrogen-bond acceptors (Lipinski definition) is 1. The molecule has 20 heavy (non-hydrogen) atoms. The lowest BCUT2D eigenvalue weighted by atomic mass is 9.77. The minimum atomic E-state index is 0.503. The van der Waals surface area contributed by atoms with Crippen LogP contribution in [0.5, 0.6) is 0 Å². The number of rotatable bonds is 2. The van der Waals surface area contributed by atoms with Gasteiger partial charge in [-0.05, 0) is 43.0 Å². The molecular weight excluding hydrogens is 266 g/mol. The summed E-state index contributed by atoms with van der Waals surface area (Å²) in [5.74, 6) is 1.01. The third kappa shape index (κ3) is 2.74. The molecule has 2 unspecified atom stereocenters. The Kier molecular flexibility index (Phi) is 4.09. The maximum atomic E-state index is 6.42. The molecule has 0 aliphatic carbocycles. The van der Waals surface area contributed by atoms with Crippen LogP contribution in [0.4, 0.5) is 0 Å². The molecule has 1 saturated heterocycles. The maximum absolute atomic E-state index is 6.42. The Morgan fingerprint density at radius 1 is 1.05 bits per heavy atom. The number of halogens is 1. The summed E-state index contributed by atoms with van der Waals surface area (Å²) < 4.78 is 0. The molecule has 0 bridgehead atoms. The van der Waals surface area contributed by atoms with Crippen LogP contribution in [0.2, 0.25) is 5.02 Å². The fraction of sp³-hybridized carbons (Fsp3) is 0.333. The Labute approximate surface area is 126 Å². The highest BCUT2D eigenvalue weighted by molar-refractivity contribution is 6.31. The molecule has 2 heteroatoms. The van der Waals surface area contributed by atoms with Gasteiger partial charge in [-0.2, -0.15) is 0 Å². The van der Waals surface area contributed by atoms with E-state index >= 15 is 0 Å². The highest BCUT2D eigenvalue weighted by Crippen LogP contribution is 2.40. The van der Waals surface area contributed by atoms with Gasteiger partial charge in [0.15, 0.2) is 0 Å². The molecule has 1 fully saturated rings. The second kappa shape index (κ2) is 5.99. The number of hydrogen-bond donors (Lipinski definition) is 1. The zero-order valence-electron chi connectivity index (χ0n) is 11.8. The Balaban J connectivity index is 1.98. The third-order valence-electron chi connectivity index (χ3n) is 4.26. The molecule has 1 aliphatic rings. The first kappa shape index (κ1) is 13.7. The first-order chi connectivity index (χ1) is 9.75. The van der Waals surface area contributed by atoms with Crippen LogP contribution in [-0.4, -0.2) is 13.1 Å². The molecular formula is C18H20ClN. The summed E-state index contributed by atoms with van der Waals surface area (Å²) in [6.45, 7) is 4.25. The van der Waals surface area contributed by atoms with Crippen molar-refractivity contribution >= 4 is 11.6 Å². The lowest BCUT2D eigenvalue weighted by Gasteiger charge is -2.33. The smallest absolute Gasteiger partial charge is 0.0441 e. The van der Waals surface area contributed by atoms with Gasteiger partial charge >= 0.3 is 0 Å². The minimum Gasteiger partial charge on any atom is -0.316 e. The second-order valence-electron chi connectivity index (χ2n) is 5.64. The normalized spacial score (nSPS) is 22.7. The molecule has 0 spiro atoms. The summed E-state index contributed by atoms with van der Waals surface area (Å²) in [7, 11) is 0. The molecule has 0 radical (unpaired) electrons. The van der Waals surface area contributed by atoms with Crippen molar-refractivity contribution in [2.24, 2.45) is 0 Å². The number of nitrogens with one attached hydrogen (secondary N) is 1. The Morgan fingerprint density at radius 3 is 2.70 bits per heavy atom. The first-order valence-electron chi connectivity index (χ1n) is 7.27. The van der Waals surface area contributed by atoms with E-state index in [1.54, 1.807) is 0 Å². The van der Waals surface area contributed by atoms with Crippen LogP contribution >= 0.6 is 11.6 Å². The van der Waals surface area contributed by atoms with E-state index in [9.17, 15) is 0 Å². The molecule has 0 amide bonds. The van der Waals surface area contributed by atoms with E-state index in [0.29, 0.717) is 11.8 Å². The molecule has 2 aromatic carbocycles. The van der Waals surface area contributed by atoms with Gasteiger partial charge in [0.25, 0.3) is 0 Å². The first-order valence-corrected chi connectivity index (χ1v) is 7.65. The van der Waals surface area contributed by atoms with Crippen molar-refractivity contribution in [1.29, 1.82) is 0 Å². The molecule has 3 rings (SSSR count). The molecule has 1 aliphatic heterocycles.